The predicted molar refractivity (Wildman–Crippen MR) is 70.8 cm³/mol. The number of furan rings is 1. The average molecular weight is 235 g/mol. The first kappa shape index (κ1) is 12.7. The highest BCUT2D eigenvalue weighted by atomic mass is 16.3. The largest absolute Gasteiger partial charge is 0.468 e. The second-order valence-corrected chi connectivity index (χ2v) is 5.70. The van der Waals surface area contributed by atoms with Gasteiger partial charge < -0.3 is 9.73 Å². The molecule has 0 aromatic carbocycles. The van der Waals surface area contributed by atoms with Crippen LogP contribution in [-0.2, 0) is 0 Å². The molecule has 0 amide bonds. The molecule has 0 saturated heterocycles. The molecule has 1 heterocycles. The molecule has 1 N–H and O–H groups in total. The molecule has 0 aliphatic heterocycles. The second kappa shape index (κ2) is 5.72. The van der Waals surface area contributed by atoms with E-state index in [1.165, 1.54) is 25.7 Å². The van der Waals surface area contributed by atoms with Crippen molar-refractivity contribution in [2.75, 3.05) is 0 Å². The van der Waals surface area contributed by atoms with Crippen molar-refractivity contribution in [2.45, 2.75) is 58.5 Å². The van der Waals surface area contributed by atoms with Crippen LogP contribution in [0.5, 0.6) is 0 Å². The van der Waals surface area contributed by atoms with Crippen molar-refractivity contribution in [3.05, 3.63) is 24.2 Å². The Morgan fingerprint density at radius 2 is 2.00 bits per heavy atom. The van der Waals surface area contributed by atoms with E-state index in [1.807, 2.05) is 6.07 Å². The second-order valence-electron chi connectivity index (χ2n) is 5.70. The molecule has 1 saturated carbocycles. The molecule has 96 valence electrons. The van der Waals surface area contributed by atoms with Crippen LogP contribution in [0, 0.1) is 11.8 Å². The third kappa shape index (κ3) is 3.12. The standard InChI is InChI=1S/C15H25NO/c1-11(2)13-7-4-5-8-14(13)16-12(3)15-9-6-10-17-15/h6,9-14,16H,4-5,7-8H2,1-3H3/t12-,13?,14?/m1/s1. The lowest BCUT2D eigenvalue weighted by Crippen LogP contribution is -2.41. The van der Waals surface area contributed by atoms with E-state index in [9.17, 15) is 0 Å². The lowest BCUT2D eigenvalue weighted by molar-refractivity contribution is 0.190. The molecule has 0 spiro atoms. The Bertz CT molecular complexity index is 318. The number of hydrogen-bond acceptors (Lipinski definition) is 2. The quantitative estimate of drug-likeness (QED) is 0.848. The molecule has 1 fully saturated rings. The van der Waals surface area contributed by atoms with Gasteiger partial charge in [-0.05, 0) is 43.7 Å². The molecule has 2 unspecified atom stereocenters. The smallest absolute Gasteiger partial charge is 0.120 e. The van der Waals surface area contributed by atoms with E-state index in [-0.39, 0.29) is 0 Å². The molecule has 17 heavy (non-hydrogen) atoms. The van der Waals surface area contributed by atoms with Gasteiger partial charge in [-0.25, -0.2) is 0 Å². The van der Waals surface area contributed by atoms with Crippen molar-refractivity contribution in [3.8, 4) is 0 Å². The maximum Gasteiger partial charge on any atom is 0.120 e. The number of rotatable bonds is 4. The molecule has 1 aromatic rings. The van der Waals surface area contributed by atoms with Crippen LogP contribution in [0.25, 0.3) is 0 Å². The normalized spacial score (nSPS) is 27.3. The van der Waals surface area contributed by atoms with E-state index in [4.69, 9.17) is 4.42 Å². The van der Waals surface area contributed by atoms with E-state index in [1.54, 1.807) is 6.26 Å². The highest BCUT2D eigenvalue weighted by molar-refractivity contribution is 5.04. The summed E-state index contributed by atoms with van der Waals surface area (Å²) in [7, 11) is 0. The molecular weight excluding hydrogens is 210 g/mol. The van der Waals surface area contributed by atoms with Crippen LogP contribution >= 0.6 is 0 Å². The molecule has 0 bridgehead atoms. The average Bonchev–Trinajstić information content (AvgIpc) is 2.83. The van der Waals surface area contributed by atoms with Crippen LogP contribution in [0.1, 0.15) is 58.3 Å². The summed E-state index contributed by atoms with van der Waals surface area (Å²) >= 11 is 0. The third-order valence-corrected chi connectivity index (χ3v) is 4.11. The van der Waals surface area contributed by atoms with Crippen molar-refractivity contribution < 1.29 is 4.42 Å². The van der Waals surface area contributed by atoms with Crippen LogP contribution in [0.2, 0.25) is 0 Å². The van der Waals surface area contributed by atoms with E-state index < -0.39 is 0 Å². The Hall–Kier alpha value is -0.760. The van der Waals surface area contributed by atoms with Crippen LogP contribution in [0.3, 0.4) is 0 Å². The lowest BCUT2D eigenvalue weighted by atomic mass is 9.77. The number of hydrogen-bond donors (Lipinski definition) is 1. The van der Waals surface area contributed by atoms with Gasteiger partial charge in [0.2, 0.25) is 0 Å². The number of nitrogens with one attached hydrogen (secondary N) is 1. The Morgan fingerprint density at radius 1 is 1.24 bits per heavy atom. The summed E-state index contributed by atoms with van der Waals surface area (Å²) in [5.41, 5.74) is 0. The first-order valence-corrected chi connectivity index (χ1v) is 6.98. The van der Waals surface area contributed by atoms with E-state index >= 15 is 0 Å². The monoisotopic (exact) mass is 235 g/mol. The highest BCUT2D eigenvalue weighted by Gasteiger charge is 2.28. The van der Waals surface area contributed by atoms with Gasteiger partial charge in [0, 0.05) is 6.04 Å². The topological polar surface area (TPSA) is 25.2 Å². The zero-order valence-corrected chi connectivity index (χ0v) is 11.3. The van der Waals surface area contributed by atoms with E-state index in [2.05, 4.69) is 32.2 Å². The first-order valence-electron chi connectivity index (χ1n) is 6.98. The van der Waals surface area contributed by atoms with Crippen molar-refractivity contribution in [1.29, 1.82) is 0 Å². The summed E-state index contributed by atoms with van der Waals surface area (Å²) in [6.45, 7) is 6.90. The van der Waals surface area contributed by atoms with Crippen LogP contribution in [0.4, 0.5) is 0 Å². The van der Waals surface area contributed by atoms with Gasteiger partial charge in [-0.1, -0.05) is 26.7 Å². The summed E-state index contributed by atoms with van der Waals surface area (Å²) in [5, 5.41) is 3.76. The Kier molecular flexibility index (Phi) is 4.27. The van der Waals surface area contributed by atoms with E-state index in [0.717, 1.165) is 17.6 Å². The minimum Gasteiger partial charge on any atom is -0.468 e. The van der Waals surface area contributed by atoms with Gasteiger partial charge in [0.05, 0.1) is 12.3 Å². The van der Waals surface area contributed by atoms with Crippen molar-refractivity contribution >= 4 is 0 Å². The van der Waals surface area contributed by atoms with E-state index in [0.29, 0.717) is 12.1 Å². The van der Waals surface area contributed by atoms with Crippen molar-refractivity contribution in [2.24, 2.45) is 11.8 Å². The highest BCUT2D eigenvalue weighted by Crippen LogP contribution is 2.31. The Balaban J connectivity index is 1.96. The zero-order valence-electron chi connectivity index (χ0n) is 11.3. The summed E-state index contributed by atoms with van der Waals surface area (Å²) in [6.07, 6.45) is 7.21. The summed E-state index contributed by atoms with van der Waals surface area (Å²) in [5.74, 6) is 2.65. The van der Waals surface area contributed by atoms with Gasteiger partial charge in [-0.2, -0.15) is 0 Å². The molecule has 0 radical (unpaired) electrons. The zero-order chi connectivity index (χ0) is 12.3. The summed E-state index contributed by atoms with van der Waals surface area (Å²) in [6, 6.07) is 5.01. The molecule has 1 aromatic heterocycles. The molecule has 2 heteroatoms. The first-order chi connectivity index (χ1) is 8.18. The Labute approximate surface area is 105 Å². The van der Waals surface area contributed by atoms with Gasteiger partial charge in [0.25, 0.3) is 0 Å². The van der Waals surface area contributed by atoms with Crippen molar-refractivity contribution in [1.82, 2.24) is 5.32 Å². The molecule has 2 rings (SSSR count). The Morgan fingerprint density at radius 3 is 2.65 bits per heavy atom. The third-order valence-electron chi connectivity index (χ3n) is 4.11. The fraction of sp³-hybridized carbons (Fsp3) is 0.733. The molecule has 1 aliphatic carbocycles. The minimum absolute atomic E-state index is 0.328. The van der Waals surface area contributed by atoms with Crippen molar-refractivity contribution in [3.63, 3.8) is 0 Å². The maximum atomic E-state index is 5.47. The van der Waals surface area contributed by atoms with Gasteiger partial charge >= 0.3 is 0 Å². The molecular formula is C15H25NO. The fourth-order valence-electron chi connectivity index (χ4n) is 3.11. The summed E-state index contributed by atoms with van der Waals surface area (Å²) < 4.78 is 5.47. The van der Waals surface area contributed by atoms with Gasteiger partial charge in [0.1, 0.15) is 5.76 Å². The predicted octanol–water partition coefficient (Wildman–Crippen LogP) is 4.15. The molecule has 2 nitrogen and oxygen atoms in total. The van der Waals surface area contributed by atoms with Crippen LogP contribution < -0.4 is 5.32 Å². The van der Waals surface area contributed by atoms with Gasteiger partial charge in [-0.15, -0.1) is 0 Å². The SMILES string of the molecule is CC(C)C1CCCCC1N[C@H](C)c1ccco1. The maximum absolute atomic E-state index is 5.47. The molecule has 1 aliphatic rings. The van der Waals surface area contributed by atoms with Crippen LogP contribution in [-0.4, -0.2) is 6.04 Å². The molecule has 3 atom stereocenters. The van der Waals surface area contributed by atoms with Crippen LogP contribution in [0.15, 0.2) is 22.8 Å². The van der Waals surface area contributed by atoms with Gasteiger partial charge in [-0.3, -0.25) is 0 Å². The van der Waals surface area contributed by atoms with Gasteiger partial charge in [0.15, 0.2) is 0 Å². The minimum atomic E-state index is 0.328. The summed E-state index contributed by atoms with van der Waals surface area (Å²) in [4.78, 5) is 0. The lowest BCUT2D eigenvalue weighted by Gasteiger charge is -2.36. The fourth-order valence-corrected chi connectivity index (χ4v) is 3.11.